The van der Waals surface area contributed by atoms with E-state index in [0.717, 1.165) is 12.7 Å². The van der Waals surface area contributed by atoms with E-state index in [1.165, 1.54) is 147 Å². The number of hydrogen-bond acceptors (Lipinski definition) is 13. The first-order valence-electron chi connectivity index (χ1n) is 18.3. The molecular weight excluding hydrogens is 877 g/mol. The third-order valence-electron chi connectivity index (χ3n) is 9.34. The Morgan fingerprint density at radius 3 is 0.968 bits per heavy atom. The second-order valence-corrected chi connectivity index (χ2v) is 21.0. The van der Waals surface area contributed by atoms with Crippen molar-refractivity contribution >= 4 is 39.6 Å². The van der Waals surface area contributed by atoms with Crippen LogP contribution in [0, 0.1) is 6.92 Å². The molecule has 0 aliphatic rings. The highest BCUT2D eigenvalue weighted by Crippen LogP contribution is 2.36. The minimum atomic E-state index is -4.35. The maximum absolute atomic E-state index is 13.5. The van der Waals surface area contributed by atoms with Crippen LogP contribution in [0.4, 0.5) is 0 Å². The van der Waals surface area contributed by atoms with Crippen LogP contribution in [0.15, 0.2) is 198 Å². The number of benzene rings is 7. The Kier molecular flexibility index (Phi) is 12.3. The second-order valence-electron chi connectivity index (χ2n) is 13.4. The van der Waals surface area contributed by atoms with E-state index in [4.69, 9.17) is 23.1 Å². The normalized spacial score (nSPS) is 12.0. The SMILES string of the molecule is COc1ccc(S(=O)(=O)c2ccc(Oc3ccc(S(=O)(=O)c4ccc(Oc5ccc(Oc6ccc(S(=O)(=O)c7ccc(C)cc7)cc6)cc5S(=O)(=O)OC)cc4)cc3)cc2)cc1. The number of methoxy groups -OCH3 is 1. The highest BCUT2D eigenvalue weighted by Gasteiger charge is 2.24. The fourth-order valence-corrected chi connectivity index (χ4v) is 10.5. The van der Waals surface area contributed by atoms with Crippen LogP contribution in [0.3, 0.4) is 0 Å². The van der Waals surface area contributed by atoms with Crippen LogP contribution in [0.2, 0.25) is 0 Å². The molecule has 7 rings (SSSR count). The highest BCUT2D eigenvalue weighted by atomic mass is 32.2. The molecule has 0 saturated carbocycles. The first kappa shape index (κ1) is 43.6. The molecule has 0 radical (unpaired) electrons. The zero-order valence-electron chi connectivity index (χ0n) is 33.0. The third-order valence-corrected chi connectivity index (χ3v) is 16.0. The minimum absolute atomic E-state index is 0.0361. The minimum Gasteiger partial charge on any atom is -0.497 e. The maximum atomic E-state index is 13.5. The number of sulfone groups is 3. The first-order chi connectivity index (χ1) is 29.5. The van der Waals surface area contributed by atoms with Gasteiger partial charge in [-0.25, -0.2) is 25.3 Å². The van der Waals surface area contributed by atoms with Crippen molar-refractivity contribution in [1.29, 1.82) is 0 Å². The molecule has 0 heterocycles. The average Bonchev–Trinajstić information content (AvgIpc) is 3.28. The van der Waals surface area contributed by atoms with Crippen LogP contribution in [-0.2, 0) is 43.8 Å². The Morgan fingerprint density at radius 1 is 0.339 bits per heavy atom. The van der Waals surface area contributed by atoms with Crippen LogP contribution in [-0.4, -0.2) is 47.9 Å². The molecule has 0 N–H and O–H groups in total. The molecule has 0 amide bonds. The van der Waals surface area contributed by atoms with Crippen molar-refractivity contribution < 1.29 is 56.8 Å². The summed E-state index contributed by atoms with van der Waals surface area (Å²) in [5.74, 6) is 1.44. The molecule has 0 fully saturated rings. The van der Waals surface area contributed by atoms with E-state index in [1.54, 1.807) is 24.3 Å². The number of hydrogen-bond donors (Lipinski definition) is 0. The molecule has 0 aliphatic carbocycles. The quantitative estimate of drug-likeness (QED) is 0.0889. The molecule has 62 heavy (non-hydrogen) atoms. The summed E-state index contributed by atoms with van der Waals surface area (Å²) in [5.41, 5.74) is 0.919. The molecule has 13 nitrogen and oxygen atoms in total. The lowest BCUT2D eigenvalue weighted by molar-refractivity contribution is 0.389. The summed E-state index contributed by atoms with van der Waals surface area (Å²) in [5, 5.41) is 0. The Hall–Kier alpha value is -6.50. The maximum Gasteiger partial charge on any atom is 0.300 e. The van der Waals surface area contributed by atoms with Crippen LogP contribution < -0.4 is 18.9 Å². The molecule has 0 aromatic heterocycles. The lowest BCUT2D eigenvalue weighted by Gasteiger charge is -2.14. The molecule has 0 aliphatic heterocycles. The molecule has 318 valence electrons. The number of aryl methyl sites for hydroxylation is 1. The number of ether oxygens (including phenoxy) is 4. The van der Waals surface area contributed by atoms with Crippen molar-refractivity contribution in [3.8, 4) is 40.2 Å². The summed E-state index contributed by atoms with van der Waals surface area (Å²) >= 11 is 0. The summed E-state index contributed by atoms with van der Waals surface area (Å²) in [4.78, 5) is -0.138. The third kappa shape index (κ3) is 9.36. The van der Waals surface area contributed by atoms with Gasteiger partial charge in [0, 0.05) is 6.07 Å². The lowest BCUT2D eigenvalue weighted by Crippen LogP contribution is -2.05. The van der Waals surface area contributed by atoms with Crippen LogP contribution >= 0.6 is 0 Å². The van der Waals surface area contributed by atoms with Gasteiger partial charge < -0.3 is 18.9 Å². The largest absolute Gasteiger partial charge is 0.497 e. The van der Waals surface area contributed by atoms with Crippen molar-refractivity contribution in [2.45, 2.75) is 41.2 Å². The smallest absolute Gasteiger partial charge is 0.300 e. The zero-order chi connectivity index (χ0) is 44.3. The monoisotopic (exact) mass is 912 g/mol. The molecule has 7 aromatic rings. The van der Waals surface area contributed by atoms with Gasteiger partial charge in [0.15, 0.2) is 0 Å². The van der Waals surface area contributed by atoms with Gasteiger partial charge in [-0.05, 0) is 153 Å². The van der Waals surface area contributed by atoms with Crippen molar-refractivity contribution in [2.24, 2.45) is 0 Å². The fraction of sp³-hybridized carbons (Fsp3) is 0.0667. The van der Waals surface area contributed by atoms with Gasteiger partial charge in [-0.2, -0.15) is 8.42 Å². The topological polar surface area (TPSA) is 183 Å². The van der Waals surface area contributed by atoms with E-state index in [9.17, 15) is 33.7 Å². The Morgan fingerprint density at radius 2 is 0.629 bits per heavy atom. The van der Waals surface area contributed by atoms with Gasteiger partial charge in [-0.15, -0.1) is 0 Å². The van der Waals surface area contributed by atoms with E-state index in [-0.39, 0.29) is 57.3 Å². The van der Waals surface area contributed by atoms with Gasteiger partial charge in [-0.3, -0.25) is 4.18 Å². The molecule has 0 saturated heterocycles. The second kappa shape index (κ2) is 17.5. The van der Waals surface area contributed by atoms with Gasteiger partial charge >= 0.3 is 10.1 Å². The predicted molar refractivity (Wildman–Crippen MR) is 227 cm³/mol. The first-order valence-corrected chi connectivity index (χ1v) is 24.2. The Bertz CT molecular complexity index is 3170. The summed E-state index contributed by atoms with van der Waals surface area (Å²) < 4.78 is 133. The van der Waals surface area contributed by atoms with Gasteiger partial charge in [0.05, 0.1) is 43.6 Å². The van der Waals surface area contributed by atoms with E-state index in [1.807, 2.05) is 6.92 Å². The van der Waals surface area contributed by atoms with Crippen molar-refractivity contribution in [1.82, 2.24) is 0 Å². The summed E-state index contributed by atoms with van der Waals surface area (Å²) in [6.07, 6.45) is 0. The van der Waals surface area contributed by atoms with Gasteiger partial charge in [0.25, 0.3) is 0 Å². The summed E-state index contributed by atoms with van der Waals surface area (Å²) in [7, 11) is -13.5. The standard InChI is InChI=1S/C45H36O13S4/c1-31-4-17-38(18-5-31)59(46,47)40-25-12-35(13-26-40)57-37-16-29-44(45(30-37)62(52,53)55-3)58-36-14-27-43(28-15-36)61(50,51)42-23-10-34(11-24-42)56-33-8-21-41(22-9-33)60(48,49)39-19-6-32(54-2)7-20-39/h4-30H,1-3H3. The summed E-state index contributed by atoms with van der Waals surface area (Å²) in [6, 6.07) is 38.9. The van der Waals surface area contributed by atoms with Gasteiger partial charge in [0.1, 0.15) is 45.1 Å². The molecule has 0 spiro atoms. The molecule has 7 aromatic carbocycles. The molecule has 0 atom stereocenters. The molecule has 17 heteroatoms. The Labute approximate surface area is 359 Å². The van der Waals surface area contributed by atoms with Crippen LogP contribution in [0.25, 0.3) is 0 Å². The van der Waals surface area contributed by atoms with E-state index in [0.29, 0.717) is 17.2 Å². The highest BCUT2D eigenvalue weighted by molar-refractivity contribution is 7.92. The predicted octanol–water partition coefficient (Wildman–Crippen LogP) is 9.21. The van der Waals surface area contributed by atoms with Crippen molar-refractivity contribution in [2.75, 3.05) is 14.2 Å². The van der Waals surface area contributed by atoms with Crippen LogP contribution in [0.5, 0.6) is 40.2 Å². The lowest BCUT2D eigenvalue weighted by atomic mass is 10.2. The Balaban J connectivity index is 1.01. The average molecular weight is 913 g/mol. The van der Waals surface area contributed by atoms with Crippen molar-refractivity contribution in [3.05, 3.63) is 169 Å². The van der Waals surface area contributed by atoms with Crippen LogP contribution in [0.1, 0.15) is 5.56 Å². The fourth-order valence-electron chi connectivity index (χ4n) is 5.95. The summed E-state index contributed by atoms with van der Waals surface area (Å²) in [6.45, 7) is 1.85. The molecule has 0 bridgehead atoms. The zero-order valence-corrected chi connectivity index (χ0v) is 36.3. The number of rotatable bonds is 15. The van der Waals surface area contributed by atoms with E-state index in [2.05, 4.69) is 0 Å². The molecule has 0 unspecified atom stereocenters. The van der Waals surface area contributed by atoms with Gasteiger partial charge in [0.2, 0.25) is 29.5 Å². The van der Waals surface area contributed by atoms with E-state index >= 15 is 0 Å². The molecular formula is C45H36O13S4. The van der Waals surface area contributed by atoms with Crippen molar-refractivity contribution in [3.63, 3.8) is 0 Å². The van der Waals surface area contributed by atoms with Gasteiger partial charge in [-0.1, -0.05) is 17.7 Å². The van der Waals surface area contributed by atoms with E-state index < -0.39 is 39.6 Å².